The van der Waals surface area contributed by atoms with Crippen molar-refractivity contribution in [2.24, 2.45) is 5.92 Å². The van der Waals surface area contributed by atoms with Crippen molar-refractivity contribution in [1.82, 2.24) is 10.3 Å². The zero-order valence-electron chi connectivity index (χ0n) is 12.7. The molecular formula is C16H27N3. The molecule has 19 heavy (non-hydrogen) atoms. The molecule has 0 amide bonds. The van der Waals surface area contributed by atoms with E-state index in [1.54, 1.807) is 0 Å². The standard InChI is InChI=1S/C16H27N3/c1-12-7-5-6-8-15(12)19(4)16-11-14(9-10-18-16)13(2)17-3/h9-13,15,17H,5-8H2,1-4H3. The van der Waals surface area contributed by atoms with Crippen LogP contribution in [0, 0.1) is 5.92 Å². The van der Waals surface area contributed by atoms with E-state index in [2.05, 4.69) is 48.2 Å². The molecule has 1 aliphatic carbocycles. The van der Waals surface area contributed by atoms with Crippen molar-refractivity contribution >= 4 is 5.82 Å². The Hall–Kier alpha value is -1.09. The Balaban J connectivity index is 2.16. The Kier molecular flexibility index (Phi) is 4.81. The molecule has 1 saturated carbocycles. The Morgan fingerprint density at radius 3 is 2.79 bits per heavy atom. The van der Waals surface area contributed by atoms with Crippen LogP contribution in [0.25, 0.3) is 0 Å². The van der Waals surface area contributed by atoms with Crippen LogP contribution >= 0.6 is 0 Å². The fourth-order valence-corrected chi connectivity index (χ4v) is 3.11. The van der Waals surface area contributed by atoms with Crippen LogP contribution in [0.15, 0.2) is 18.3 Å². The van der Waals surface area contributed by atoms with Gasteiger partial charge in [0.1, 0.15) is 5.82 Å². The minimum Gasteiger partial charge on any atom is -0.356 e. The fourth-order valence-electron chi connectivity index (χ4n) is 3.11. The highest BCUT2D eigenvalue weighted by Gasteiger charge is 2.25. The first-order valence-electron chi connectivity index (χ1n) is 7.49. The topological polar surface area (TPSA) is 28.2 Å². The van der Waals surface area contributed by atoms with E-state index >= 15 is 0 Å². The second-order valence-corrected chi connectivity index (χ2v) is 5.90. The molecular weight excluding hydrogens is 234 g/mol. The van der Waals surface area contributed by atoms with Crippen LogP contribution in [-0.2, 0) is 0 Å². The Bertz CT molecular complexity index is 405. The molecule has 0 aliphatic heterocycles. The van der Waals surface area contributed by atoms with E-state index in [4.69, 9.17) is 0 Å². The molecule has 1 aliphatic rings. The van der Waals surface area contributed by atoms with Gasteiger partial charge in [-0.25, -0.2) is 4.98 Å². The quantitative estimate of drug-likeness (QED) is 0.900. The molecule has 0 saturated heterocycles. The molecule has 1 aromatic rings. The van der Waals surface area contributed by atoms with Crippen molar-refractivity contribution in [3.05, 3.63) is 23.9 Å². The molecule has 2 rings (SSSR count). The predicted molar refractivity (Wildman–Crippen MR) is 81.5 cm³/mol. The Labute approximate surface area is 117 Å². The van der Waals surface area contributed by atoms with E-state index in [0.29, 0.717) is 12.1 Å². The van der Waals surface area contributed by atoms with Crippen LogP contribution in [0.3, 0.4) is 0 Å². The minimum atomic E-state index is 0.374. The van der Waals surface area contributed by atoms with E-state index in [9.17, 15) is 0 Å². The monoisotopic (exact) mass is 261 g/mol. The van der Waals surface area contributed by atoms with E-state index in [-0.39, 0.29) is 0 Å². The number of nitrogens with one attached hydrogen (secondary N) is 1. The van der Waals surface area contributed by atoms with Gasteiger partial charge in [0.15, 0.2) is 0 Å². The average molecular weight is 261 g/mol. The lowest BCUT2D eigenvalue weighted by Gasteiger charge is -2.37. The minimum absolute atomic E-state index is 0.374. The zero-order valence-corrected chi connectivity index (χ0v) is 12.7. The van der Waals surface area contributed by atoms with Gasteiger partial charge in [-0.3, -0.25) is 0 Å². The van der Waals surface area contributed by atoms with Crippen LogP contribution in [0.5, 0.6) is 0 Å². The predicted octanol–water partition coefficient (Wildman–Crippen LogP) is 3.38. The molecule has 3 heteroatoms. The highest BCUT2D eigenvalue weighted by atomic mass is 15.2. The Morgan fingerprint density at radius 1 is 1.37 bits per heavy atom. The third kappa shape index (κ3) is 3.27. The maximum Gasteiger partial charge on any atom is 0.128 e. The SMILES string of the molecule is CNC(C)c1ccnc(N(C)C2CCCCC2C)c1. The molecule has 1 aromatic heterocycles. The second kappa shape index (κ2) is 6.38. The van der Waals surface area contributed by atoms with Gasteiger partial charge in [0.25, 0.3) is 0 Å². The Morgan fingerprint density at radius 2 is 2.11 bits per heavy atom. The fraction of sp³-hybridized carbons (Fsp3) is 0.688. The van der Waals surface area contributed by atoms with Gasteiger partial charge in [0.2, 0.25) is 0 Å². The van der Waals surface area contributed by atoms with E-state index in [0.717, 1.165) is 11.7 Å². The van der Waals surface area contributed by atoms with Crippen molar-refractivity contribution in [2.45, 2.75) is 51.6 Å². The summed E-state index contributed by atoms with van der Waals surface area (Å²) >= 11 is 0. The maximum atomic E-state index is 4.56. The molecule has 3 nitrogen and oxygen atoms in total. The summed E-state index contributed by atoms with van der Waals surface area (Å²) in [5.74, 6) is 1.88. The summed E-state index contributed by atoms with van der Waals surface area (Å²) in [6.45, 7) is 4.56. The van der Waals surface area contributed by atoms with Crippen molar-refractivity contribution in [3.63, 3.8) is 0 Å². The van der Waals surface area contributed by atoms with Gasteiger partial charge in [-0.2, -0.15) is 0 Å². The first-order valence-corrected chi connectivity index (χ1v) is 7.49. The van der Waals surface area contributed by atoms with E-state index in [1.807, 2.05) is 13.2 Å². The van der Waals surface area contributed by atoms with Gasteiger partial charge in [0.05, 0.1) is 0 Å². The van der Waals surface area contributed by atoms with Crippen LogP contribution < -0.4 is 10.2 Å². The maximum absolute atomic E-state index is 4.56. The molecule has 0 spiro atoms. The smallest absolute Gasteiger partial charge is 0.128 e. The summed E-state index contributed by atoms with van der Waals surface area (Å²) in [5, 5.41) is 3.29. The van der Waals surface area contributed by atoms with Gasteiger partial charge in [-0.1, -0.05) is 19.8 Å². The highest BCUT2D eigenvalue weighted by Crippen LogP contribution is 2.30. The van der Waals surface area contributed by atoms with Crippen molar-refractivity contribution in [2.75, 3.05) is 19.0 Å². The number of nitrogens with zero attached hydrogens (tertiary/aromatic N) is 2. The normalized spacial score (nSPS) is 25.1. The number of hydrogen-bond donors (Lipinski definition) is 1. The number of rotatable bonds is 4. The number of hydrogen-bond acceptors (Lipinski definition) is 3. The molecule has 1 N–H and O–H groups in total. The average Bonchev–Trinajstić information content (AvgIpc) is 2.46. The van der Waals surface area contributed by atoms with Crippen LogP contribution in [0.1, 0.15) is 51.1 Å². The van der Waals surface area contributed by atoms with Gasteiger partial charge in [-0.15, -0.1) is 0 Å². The summed E-state index contributed by atoms with van der Waals surface area (Å²) in [6, 6.07) is 5.34. The van der Waals surface area contributed by atoms with Gasteiger partial charge < -0.3 is 10.2 Å². The van der Waals surface area contributed by atoms with Gasteiger partial charge in [-0.05, 0) is 50.4 Å². The van der Waals surface area contributed by atoms with E-state index < -0.39 is 0 Å². The lowest BCUT2D eigenvalue weighted by atomic mass is 9.85. The van der Waals surface area contributed by atoms with Crippen LogP contribution in [0.4, 0.5) is 5.82 Å². The summed E-state index contributed by atoms with van der Waals surface area (Å²) in [6.07, 6.45) is 7.32. The summed E-state index contributed by atoms with van der Waals surface area (Å²) in [7, 11) is 4.19. The molecule has 3 unspecified atom stereocenters. The van der Waals surface area contributed by atoms with Gasteiger partial charge in [0, 0.05) is 25.3 Å². The molecule has 0 radical (unpaired) electrons. The zero-order chi connectivity index (χ0) is 13.8. The third-order valence-electron chi connectivity index (χ3n) is 4.63. The molecule has 3 atom stereocenters. The van der Waals surface area contributed by atoms with E-state index in [1.165, 1.54) is 31.2 Å². The lowest BCUT2D eigenvalue weighted by Crippen LogP contribution is -2.39. The molecule has 1 fully saturated rings. The third-order valence-corrected chi connectivity index (χ3v) is 4.63. The van der Waals surface area contributed by atoms with Crippen molar-refractivity contribution in [1.29, 1.82) is 0 Å². The summed E-state index contributed by atoms with van der Waals surface area (Å²) in [4.78, 5) is 6.95. The first-order chi connectivity index (χ1) is 9.13. The number of pyridine rings is 1. The molecule has 0 bridgehead atoms. The molecule has 106 valence electrons. The van der Waals surface area contributed by atoms with Gasteiger partial charge >= 0.3 is 0 Å². The number of aromatic nitrogens is 1. The first kappa shape index (κ1) is 14.3. The van der Waals surface area contributed by atoms with Crippen LogP contribution in [0.2, 0.25) is 0 Å². The summed E-state index contributed by atoms with van der Waals surface area (Å²) in [5.41, 5.74) is 1.31. The molecule has 0 aromatic carbocycles. The summed E-state index contributed by atoms with van der Waals surface area (Å²) < 4.78 is 0. The van der Waals surface area contributed by atoms with Crippen LogP contribution in [-0.4, -0.2) is 25.1 Å². The highest BCUT2D eigenvalue weighted by molar-refractivity contribution is 5.42. The molecule has 1 heterocycles. The number of anilines is 1. The largest absolute Gasteiger partial charge is 0.356 e. The van der Waals surface area contributed by atoms with Crippen molar-refractivity contribution in [3.8, 4) is 0 Å². The lowest BCUT2D eigenvalue weighted by molar-refractivity contribution is 0.320. The second-order valence-electron chi connectivity index (χ2n) is 5.90. The van der Waals surface area contributed by atoms with Crippen molar-refractivity contribution < 1.29 is 0 Å².